The van der Waals surface area contributed by atoms with Gasteiger partial charge in [-0.3, -0.25) is 4.79 Å². The summed E-state index contributed by atoms with van der Waals surface area (Å²) in [6.07, 6.45) is 1.15. The van der Waals surface area contributed by atoms with Gasteiger partial charge in [0.15, 0.2) is 0 Å². The minimum atomic E-state index is -4.18. The van der Waals surface area contributed by atoms with E-state index in [1.807, 2.05) is 0 Å². The van der Waals surface area contributed by atoms with Gasteiger partial charge >= 0.3 is 6.09 Å². The summed E-state index contributed by atoms with van der Waals surface area (Å²) in [5.41, 5.74) is -0.593. The molecule has 2 amide bonds. The van der Waals surface area contributed by atoms with Gasteiger partial charge in [0, 0.05) is 26.7 Å². The van der Waals surface area contributed by atoms with Crippen molar-refractivity contribution in [3.63, 3.8) is 0 Å². The molecule has 0 radical (unpaired) electrons. The number of carbonyl (C=O) groups is 2. The number of ether oxygens (including phenoxy) is 1. The van der Waals surface area contributed by atoms with Crippen LogP contribution in [-0.4, -0.2) is 68.5 Å². The second kappa shape index (κ2) is 9.95. The summed E-state index contributed by atoms with van der Waals surface area (Å²) < 4.78 is 46.4. The van der Waals surface area contributed by atoms with Gasteiger partial charge in [0.2, 0.25) is 15.9 Å². The van der Waals surface area contributed by atoms with Crippen molar-refractivity contribution < 1.29 is 27.1 Å². The van der Waals surface area contributed by atoms with E-state index in [4.69, 9.17) is 4.74 Å². The molecule has 10 heteroatoms. The Morgan fingerprint density at radius 1 is 1.32 bits per heavy atom. The maximum absolute atomic E-state index is 13.9. The molecule has 0 aliphatic carbocycles. The number of hydrogen-bond acceptors (Lipinski definition) is 5. The Bertz CT molecular complexity index is 901. The zero-order valence-electron chi connectivity index (χ0n) is 18.7. The van der Waals surface area contributed by atoms with Crippen LogP contribution in [0.5, 0.6) is 0 Å². The van der Waals surface area contributed by atoms with Gasteiger partial charge in [-0.15, -0.1) is 0 Å². The molecule has 31 heavy (non-hydrogen) atoms. The van der Waals surface area contributed by atoms with Crippen molar-refractivity contribution in [1.82, 2.24) is 14.5 Å². The van der Waals surface area contributed by atoms with E-state index in [0.29, 0.717) is 19.6 Å². The summed E-state index contributed by atoms with van der Waals surface area (Å²) in [4.78, 5) is 27.6. The molecule has 2 atom stereocenters. The minimum Gasteiger partial charge on any atom is -0.444 e. The van der Waals surface area contributed by atoms with Gasteiger partial charge in [-0.25, -0.2) is 17.6 Å². The molecule has 1 N–H and O–H groups in total. The molecule has 8 nitrogen and oxygen atoms in total. The zero-order valence-corrected chi connectivity index (χ0v) is 19.5. The maximum atomic E-state index is 13.9. The van der Waals surface area contributed by atoms with Crippen molar-refractivity contribution >= 4 is 22.0 Å². The Hall–Kier alpha value is -2.20. The van der Waals surface area contributed by atoms with Gasteiger partial charge in [0.1, 0.15) is 16.3 Å². The lowest BCUT2D eigenvalue weighted by molar-refractivity contribution is -0.134. The summed E-state index contributed by atoms with van der Waals surface area (Å²) in [5, 5.41) is 0. The number of hydrogen-bond donors (Lipinski definition) is 1. The Labute approximate surface area is 183 Å². The van der Waals surface area contributed by atoms with Crippen molar-refractivity contribution in [3.05, 3.63) is 30.1 Å². The number of piperidine rings is 1. The molecule has 1 aliphatic rings. The highest BCUT2D eigenvalue weighted by Crippen LogP contribution is 2.20. The second-order valence-corrected chi connectivity index (χ2v) is 10.6. The average Bonchev–Trinajstić information content (AvgIpc) is 2.66. The largest absolute Gasteiger partial charge is 0.444 e. The van der Waals surface area contributed by atoms with E-state index in [2.05, 4.69) is 4.72 Å². The van der Waals surface area contributed by atoms with E-state index >= 15 is 0 Å². The molecule has 1 heterocycles. The Morgan fingerprint density at radius 2 is 1.97 bits per heavy atom. The van der Waals surface area contributed by atoms with Crippen LogP contribution in [0, 0.1) is 11.7 Å². The molecule has 1 unspecified atom stereocenters. The first-order valence-corrected chi connectivity index (χ1v) is 11.8. The SMILES string of the molecule is C[C@H](NS(=O)(=O)c1ccccc1F)C(=O)N1CCCC(CN(C)C(=O)OC(C)(C)C)C1. The fourth-order valence-electron chi connectivity index (χ4n) is 3.50. The van der Waals surface area contributed by atoms with Crippen LogP contribution in [0.1, 0.15) is 40.5 Å². The molecule has 174 valence electrons. The van der Waals surface area contributed by atoms with E-state index in [0.717, 1.165) is 25.0 Å². The molecule has 0 spiro atoms. The van der Waals surface area contributed by atoms with Gasteiger partial charge in [-0.05, 0) is 58.6 Å². The number of benzene rings is 1. The van der Waals surface area contributed by atoms with Crippen molar-refractivity contribution in [1.29, 1.82) is 0 Å². The molecule has 0 aromatic heterocycles. The van der Waals surface area contributed by atoms with Gasteiger partial charge in [-0.1, -0.05) is 12.1 Å². The van der Waals surface area contributed by atoms with Crippen LogP contribution in [0.25, 0.3) is 0 Å². The third-order valence-electron chi connectivity index (χ3n) is 4.90. The smallest absolute Gasteiger partial charge is 0.410 e. The molecule has 1 aromatic rings. The predicted molar refractivity (Wildman–Crippen MR) is 114 cm³/mol. The van der Waals surface area contributed by atoms with Gasteiger partial charge in [-0.2, -0.15) is 4.72 Å². The fourth-order valence-corrected chi connectivity index (χ4v) is 4.77. The minimum absolute atomic E-state index is 0.0468. The van der Waals surface area contributed by atoms with Crippen molar-refractivity contribution in [2.45, 2.75) is 57.1 Å². The first kappa shape index (κ1) is 25.1. The van der Waals surface area contributed by atoms with Crippen molar-refractivity contribution in [3.8, 4) is 0 Å². The molecular weight excluding hydrogens is 425 g/mol. The summed E-state index contributed by atoms with van der Waals surface area (Å²) in [6.45, 7) is 8.15. The molecule has 1 saturated heterocycles. The van der Waals surface area contributed by atoms with E-state index in [-0.39, 0.29) is 11.8 Å². The lowest BCUT2D eigenvalue weighted by atomic mass is 9.97. The second-order valence-electron chi connectivity index (χ2n) is 8.93. The maximum Gasteiger partial charge on any atom is 0.410 e. The van der Waals surface area contributed by atoms with Crippen molar-refractivity contribution in [2.75, 3.05) is 26.7 Å². The Kier molecular flexibility index (Phi) is 8.04. The Morgan fingerprint density at radius 3 is 2.58 bits per heavy atom. The number of nitrogens with one attached hydrogen (secondary N) is 1. The van der Waals surface area contributed by atoms with Crippen LogP contribution in [0.15, 0.2) is 29.2 Å². The van der Waals surface area contributed by atoms with Crippen LogP contribution in [0.2, 0.25) is 0 Å². The summed E-state index contributed by atoms with van der Waals surface area (Å²) in [7, 11) is -2.52. The highest BCUT2D eigenvalue weighted by atomic mass is 32.2. The highest BCUT2D eigenvalue weighted by Gasteiger charge is 2.31. The van der Waals surface area contributed by atoms with Gasteiger partial charge in [0.05, 0.1) is 6.04 Å². The molecule has 0 saturated carbocycles. The molecule has 1 aromatic carbocycles. The first-order valence-electron chi connectivity index (χ1n) is 10.3. The van der Waals surface area contributed by atoms with E-state index in [9.17, 15) is 22.4 Å². The highest BCUT2D eigenvalue weighted by molar-refractivity contribution is 7.89. The third-order valence-corrected chi connectivity index (χ3v) is 6.47. The first-order chi connectivity index (χ1) is 14.3. The topological polar surface area (TPSA) is 96.0 Å². The van der Waals surface area contributed by atoms with E-state index in [1.54, 1.807) is 32.7 Å². The Balaban J connectivity index is 1.97. The quantitative estimate of drug-likeness (QED) is 0.708. The van der Waals surface area contributed by atoms with Crippen molar-refractivity contribution in [2.24, 2.45) is 5.92 Å². The van der Waals surface area contributed by atoms with Gasteiger partial charge < -0.3 is 14.5 Å². The number of carbonyl (C=O) groups excluding carboxylic acids is 2. The summed E-state index contributed by atoms with van der Waals surface area (Å²) in [6, 6.07) is 3.97. The number of halogens is 1. The molecule has 1 aliphatic heterocycles. The molecule has 1 fully saturated rings. The number of likely N-dealkylation sites (tertiary alicyclic amines) is 1. The zero-order chi connectivity index (χ0) is 23.4. The predicted octanol–water partition coefficient (Wildman–Crippen LogP) is 2.60. The van der Waals surface area contributed by atoms with Crippen LogP contribution >= 0.6 is 0 Å². The van der Waals surface area contributed by atoms with E-state index < -0.39 is 38.5 Å². The van der Waals surface area contributed by atoms with Gasteiger partial charge in [0.25, 0.3) is 0 Å². The number of nitrogens with zero attached hydrogens (tertiary/aromatic N) is 2. The average molecular weight is 458 g/mol. The molecular formula is C21H32FN3O5S. The van der Waals surface area contributed by atoms with Crippen LogP contribution in [0.4, 0.5) is 9.18 Å². The number of amides is 2. The normalized spacial score (nSPS) is 18.4. The molecule has 0 bridgehead atoms. The monoisotopic (exact) mass is 457 g/mol. The standard InChI is InChI=1S/C21H32FN3O5S/c1-15(23-31(28,29)18-11-7-6-10-17(18)22)19(26)25-12-8-9-16(14-25)13-24(5)20(27)30-21(2,3)4/h6-7,10-11,15-16,23H,8-9,12-14H2,1-5H3/t15-,16?/m0/s1. The van der Waals surface area contributed by atoms with Crippen LogP contribution in [0.3, 0.4) is 0 Å². The van der Waals surface area contributed by atoms with E-state index in [1.165, 1.54) is 24.0 Å². The number of rotatable bonds is 6. The number of sulfonamides is 1. The summed E-state index contributed by atoms with van der Waals surface area (Å²) >= 11 is 0. The molecule has 2 rings (SSSR count). The van der Waals surface area contributed by atoms with Crippen LogP contribution < -0.4 is 4.72 Å². The fraction of sp³-hybridized carbons (Fsp3) is 0.619. The van der Waals surface area contributed by atoms with Crippen LogP contribution in [-0.2, 0) is 19.6 Å². The summed E-state index contributed by atoms with van der Waals surface area (Å²) in [5.74, 6) is -1.21. The lowest BCUT2D eigenvalue weighted by Gasteiger charge is -2.36. The third kappa shape index (κ3) is 7.17. The lowest BCUT2D eigenvalue weighted by Crippen LogP contribution is -2.51.